The average molecular weight is 387 g/mol. The normalized spacial score (nSPS) is 24.2. The van der Waals surface area contributed by atoms with Crippen molar-refractivity contribution in [3.05, 3.63) is 33.8 Å². The molecule has 6 heteroatoms. The molecule has 0 bridgehead atoms. The van der Waals surface area contributed by atoms with Crippen LogP contribution < -0.4 is 5.32 Å². The molecule has 0 saturated heterocycles. The molecule has 2 rings (SSSR count). The number of hydrogen-bond acceptors (Lipinski definition) is 3. The number of likely N-dealkylation sites (N-methyl/N-ethyl adjacent to an activating group) is 1. The van der Waals surface area contributed by atoms with Crippen LogP contribution in [-0.4, -0.2) is 42.8 Å². The van der Waals surface area contributed by atoms with E-state index in [2.05, 4.69) is 10.2 Å². The maximum Gasteiger partial charge on any atom is 0.407 e. The molecular weight excluding hydrogens is 359 g/mol. The maximum absolute atomic E-state index is 12.1. The molecule has 1 N–H and O–H groups in total. The van der Waals surface area contributed by atoms with E-state index >= 15 is 0 Å². The number of carbonyl (C=O) groups excluding carboxylic acids is 1. The largest absolute Gasteiger partial charge is 0.444 e. The SMILES string of the molecule is CN(C)[C@H]1C[C@@H](c2ccc(Cl)c(Cl)c2)CC[C@@H]1NC(=O)OC(C)(C)C. The number of ether oxygens (including phenoxy) is 1. The van der Waals surface area contributed by atoms with Gasteiger partial charge in [0.2, 0.25) is 0 Å². The molecule has 140 valence electrons. The highest BCUT2D eigenvalue weighted by molar-refractivity contribution is 6.42. The van der Waals surface area contributed by atoms with E-state index in [0.29, 0.717) is 16.0 Å². The van der Waals surface area contributed by atoms with Crippen molar-refractivity contribution in [3.8, 4) is 0 Å². The molecule has 25 heavy (non-hydrogen) atoms. The van der Waals surface area contributed by atoms with E-state index in [0.717, 1.165) is 19.3 Å². The summed E-state index contributed by atoms with van der Waals surface area (Å²) in [7, 11) is 4.09. The number of hydrogen-bond donors (Lipinski definition) is 1. The molecule has 0 aliphatic heterocycles. The maximum atomic E-state index is 12.1. The Morgan fingerprint density at radius 1 is 1.20 bits per heavy atom. The van der Waals surface area contributed by atoms with Gasteiger partial charge in [0.05, 0.1) is 10.0 Å². The van der Waals surface area contributed by atoms with Gasteiger partial charge >= 0.3 is 6.09 Å². The molecule has 1 aliphatic carbocycles. The zero-order valence-electron chi connectivity index (χ0n) is 15.6. The molecule has 1 amide bonds. The van der Waals surface area contributed by atoms with Crippen LogP contribution in [0.5, 0.6) is 0 Å². The summed E-state index contributed by atoms with van der Waals surface area (Å²) >= 11 is 12.2. The first-order valence-electron chi connectivity index (χ1n) is 8.67. The first kappa shape index (κ1) is 20.3. The third-order valence-electron chi connectivity index (χ3n) is 4.60. The quantitative estimate of drug-likeness (QED) is 0.786. The fraction of sp³-hybridized carbons (Fsp3) is 0.632. The van der Waals surface area contributed by atoms with Crippen LogP contribution in [0.1, 0.15) is 51.5 Å². The summed E-state index contributed by atoms with van der Waals surface area (Å²) in [5.74, 6) is 0.402. The van der Waals surface area contributed by atoms with E-state index in [1.807, 2.05) is 53.1 Å². The van der Waals surface area contributed by atoms with Gasteiger partial charge < -0.3 is 15.0 Å². The lowest BCUT2D eigenvalue weighted by Gasteiger charge is -2.40. The van der Waals surface area contributed by atoms with Gasteiger partial charge in [-0.15, -0.1) is 0 Å². The topological polar surface area (TPSA) is 41.6 Å². The third kappa shape index (κ3) is 5.77. The molecule has 1 aromatic rings. The first-order valence-corrected chi connectivity index (χ1v) is 9.43. The molecule has 1 saturated carbocycles. The van der Waals surface area contributed by atoms with Crippen molar-refractivity contribution in [1.82, 2.24) is 10.2 Å². The van der Waals surface area contributed by atoms with Gasteiger partial charge in [-0.25, -0.2) is 4.79 Å². The summed E-state index contributed by atoms with van der Waals surface area (Å²) < 4.78 is 5.41. The third-order valence-corrected chi connectivity index (χ3v) is 5.34. The summed E-state index contributed by atoms with van der Waals surface area (Å²) in [6, 6.07) is 6.18. The van der Waals surface area contributed by atoms with Gasteiger partial charge in [-0.1, -0.05) is 29.3 Å². The van der Waals surface area contributed by atoms with Gasteiger partial charge in [-0.2, -0.15) is 0 Å². The summed E-state index contributed by atoms with van der Waals surface area (Å²) in [4.78, 5) is 14.3. The van der Waals surface area contributed by atoms with Crippen molar-refractivity contribution >= 4 is 29.3 Å². The minimum Gasteiger partial charge on any atom is -0.444 e. The Balaban J connectivity index is 2.07. The number of halogens is 2. The van der Waals surface area contributed by atoms with Crippen molar-refractivity contribution in [2.24, 2.45) is 0 Å². The molecule has 1 fully saturated rings. The van der Waals surface area contributed by atoms with E-state index in [9.17, 15) is 4.79 Å². The fourth-order valence-corrected chi connectivity index (χ4v) is 3.72. The van der Waals surface area contributed by atoms with E-state index in [-0.39, 0.29) is 18.2 Å². The van der Waals surface area contributed by atoms with Crippen molar-refractivity contribution < 1.29 is 9.53 Å². The Morgan fingerprint density at radius 2 is 1.88 bits per heavy atom. The second-order valence-electron chi connectivity index (χ2n) is 7.97. The van der Waals surface area contributed by atoms with E-state index in [1.54, 1.807) is 0 Å². The van der Waals surface area contributed by atoms with Gasteiger partial charge in [0.1, 0.15) is 5.60 Å². The molecule has 0 radical (unpaired) electrons. The first-order chi connectivity index (χ1) is 11.6. The van der Waals surface area contributed by atoms with Crippen molar-refractivity contribution in [3.63, 3.8) is 0 Å². The minimum atomic E-state index is -0.491. The summed E-state index contributed by atoms with van der Waals surface area (Å²) in [5.41, 5.74) is 0.714. The Morgan fingerprint density at radius 3 is 2.44 bits per heavy atom. The van der Waals surface area contributed by atoms with E-state index < -0.39 is 5.60 Å². The van der Waals surface area contributed by atoms with Crippen molar-refractivity contribution in [1.29, 1.82) is 0 Å². The van der Waals surface area contributed by atoms with Crippen LogP contribution in [-0.2, 0) is 4.74 Å². The average Bonchev–Trinajstić information content (AvgIpc) is 2.48. The van der Waals surface area contributed by atoms with Gasteiger partial charge in [-0.3, -0.25) is 0 Å². The number of carbonyl (C=O) groups is 1. The minimum absolute atomic E-state index is 0.0730. The molecule has 3 atom stereocenters. The summed E-state index contributed by atoms with van der Waals surface area (Å²) in [6.45, 7) is 5.62. The lowest BCUT2D eigenvalue weighted by Crippen LogP contribution is -2.53. The molecule has 1 aromatic carbocycles. The zero-order chi connectivity index (χ0) is 18.8. The predicted molar refractivity (Wildman–Crippen MR) is 104 cm³/mol. The molecule has 0 spiro atoms. The zero-order valence-corrected chi connectivity index (χ0v) is 17.1. The van der Waals surface area contributed by atoms with Crippen LogP contribution in [0, 0.1) is 0 Å². The number of benzene rings is 1. The Kier molecular flexibility index (Phi) is 6.63. The Hall–Kier alpha value is -0.970. The summed E-state index contributed by atoms with van der Waals surface area (Å²) in [5, 5.41) is 4.22. The molecule has 0 heterocycles. The van der Waals surface area contributed by atoms with Crippen LogP contribution in [0.4, 0.5) is 4.79 Å². The number of amides is 1. The summed E-state index contributed by atoms with van der Waals surface area (Å²) in [6.07, 6.45) is 2.48. The second-order valence-corrected chi connectivity index (χ2v) is 8.78. The number of nitrogens with one attached hydrogen (secondary N) is 1. The predicted octanol–water partition coefficient (Wildman–Crippen LogP) is 5.08. The van der Waals surface area contributed by atoms with Crippen molar-refractivity contribution in [2.75, 3.05) is 14.1 Å². The highest BCUT2D eigenvalue weighted by Crippen LogP contribution is 2.37. The van der Waals surface area contributed by atoms with Gasteiger partial charge in [0.25, 0.3) is 0 Å². The number of alkyl carbamates (subject to hydrolysis) is 1. The smallest absolute Gasteiger partial charge is 0.407 e. The van der Waals surface area contributed by atoms with Gasteiger partial charge in [0.15, 0.2) is 0 Å². The lowest BCUT2D eigenvalue weighted by atomic mass is 9.78. The Labute approximate surface area is 160 Å². The fourth-order valence-electron chi connectivity index (χ4n) is 3.41. The van der Waals surface area contributed by atoms with Crippen molar-refractivity contribution in [2.45, 2.75) is 63.6 Å². The lowest BCUT2D eigenvalue weighted by molar-refractivity contribution is 0.0445. The van der Waals surface area contributed by atoms with Crippen LogP contribution in [0.2, 0.25) is 10.0 Å². The Bertz CT molecular complexity index is 614. The van der Waals surface area contributed by atoms with Crippen LogP contribution >= 0.6 is 23.2 Å². The highest BCUT2D eigenvalue weighted by Gasteiger charge is 2.34. The molecular formula is C19H28Cl2N2O2. The second kappa shape index (κ2) is 8.15. The molecule has 0 unspecified atom stereocenters. The van der Waals surface area contributed by atoms with E-state index in [1.165, 1.54) is 5.56 Å². The van der Waals surface area contributed by atoms with Gasteiger partial charge in [0, 0.05) is 12.1 Å². The monoisotopic (exact) mass is 386 g/mol. The molecule has 1 aliphatic rings. The molecule has 0 aromatic heterocycles. The van der Waals surface area contributed by atoms with Crippen LogP contribution in [0.25, 0.3) is 0 Å². The highest BCUT2D eigenvalue weighted by atomic mass is 35.5. The van der Waals surface area contributed by atoms with E-state index in [4.69, 9.17) is 27.9 Å². The molecule has 4 nitrogen and oxygen atoms in total. The van der Waals surface area contributed by atoms with Crippen LogP contribution in [0.15, 0.2) is 18.2 Å². The van der Waals surface area contributed by atoms with Crippen LogP contribution in [0.3, 0.4) is 0 Å². The van der Waals surface area contributed by atoms with Gasteiger partial charge in [-0.05, 0) is 77.7 Å². The number of nitrogens with zero attached hydrogens (tertiary/aromatic N) is 1. The standard InChI is InChI=1S/C19H28Cl2N2O2/c1-19(2,3)25-18(24)22-16-9-7-13(11-17(16)23(4)5)12-6-8-14(20)15(21)10-12/h6,8,10,13,16-17H,7,9,11H2,1-5H3,(H,22,24)/t13-,16-,17-/m0/s1. The number of rotatable bonds is 3.